The average molecular weight is 350 g/mol. The van der Waals surface area contributed by atoms with Crippen molar-refractivity contribution in [2.24, 2.45) is 0 Å². The van der Waals surface area contributed by atoms with E-state index in [1.54, 1.807) is 36.4 Å². The van der Waals surface area contributed by atoms with Crippen LogP contribution in [0.4, 0.5) is 17.3 Å². The highest BCUT2D eigenvalue weighted by Gasteiger charge is 2.10. The number of nitriles is 1. The molecule has 122 valence electrons. The first-order chi connectivity index (χ1) is 12.2. The predicted octanol–water partition coefficient (Wildman–Crippen LogP) is 4.00. The molecule has 0 saturated heterocycles. The molecule has 0 saturated carbocycles. The van der Waals surface area contributed by atoms with Crippen molar-refractivity contribution in [1.82, 2.24) is 9.97 Å². The van der Waals surface area contributed by atoms with E-state index in [4.69, 9.17) is 16.9 Å². The fourth-order valence-corrected chi connectivity index (χ4v) is 2.23. The van der Waals surface area contributed by atoms with E-state index in [1.807, 2.05) is 18.2 Å². The maximum Gasteiger partial charge on any atom is 0.274 e. The molecule has 1 aromatic heterocycles. The molecule has 6 nitrogen and oxygen atoms in total. The van der Waals surface area contributed by atoms with E-state index in [0.29, 0.717) is 22.0 Å². The Hall–Kier alpha value is -3.43. The maximum absolute atomic E-state index is 12.3. The molecule has 25 heavy (non-hydrogen) atoms. The van der Waals surface area contributed by atoms with Crippen LogP contribution in [0.1, 0.15) is 16.1 Å². The minimum absolute atomic E-state index is 0.203. The predicted molar refractivity (Wildman–Crippen MR) is 95.9 cm³/mol. The molecule has 0 aliphatic heterocycles. The van der Waals surface area contributed by atoms with Gasteiger partial charge in [-0.1, -0.05) is 23.7 Å². The zero-order valence-corrected chi connectivity index (χ0v) is 13.7. The SMILES string of the molecule is N#Cc1ccc(NC(=O)c2ccnc(Nc3ccccc3Cl)n2)cc1. The van der Waals surface area contributed by atoms with Crippen molar-refractivity contribution in [1.29, 1.82) is 5.26 Å². The van der Waals surface area contributed by atoms with Gasteiger partial charge in [0.15, 0.2) is 0 Å². The van der Waals surface area contributed by atoms with Crippen LogP contribution in [0, 0.1) is 11.3 Å². The summed E-state index contributed by atoms with van der Waals surface area (Å²) in [6.45, 7) is 0. The second-order valence-electron chi connectivity index (χ2n) is 5.01. The van der Waals surface area contributed by atoms with E-state index in [2.05, 4.69) is 20.6 Å². The van der Waals surface area contributed by atoms with Crippen LogP contribution in [0.2, 0.25) is 5.02 Å². The van der Waals surface area contributed by atoms with Crippen LogP contribution >= 0.6 is 11.6 Å². The van der Waals surface area contributed by atoms with Crippen LogP contribution in [0.5, 0.6) is 0 Å². The summed E-state index contributed by atoms with van der Waals surface area (Å²) in [5, 5.41) is 15.0. The summed E-state index contributed by atoms with van der Waals surface area (Å²) in [7, 11) is 0. The zero-order chi connectivity index (χ0) is 17.6. The van der Waals surface area contributed by atoms with Crippen molar-refractivity contribution >= 4 is 34.8 Å². The highest BCUT2D eigenvalue weighted by molar-refractivity contribution is 6.33. The van der Waals surface area contributed by atoms with Crippen molar-refractivity contribution in [3.05, 3.63) is 77.1 Å². The lowest BCUT2D eigenvalue weighted by Crippen LogP contribution is -2.14. The summed E-state index contributed by atoms with van der Waals surface area (Å²) in [5.41, 5.74) is 1.94. The highest BCUT2D eigenvalue weighted by atomic mass is 35.5. The van der Waals surface area contributed by atoms with Crippen LogP contribution < -0.4 is 10.6 Å². The van der Waals surface area contributed by atoms with Crippen molar-refractivity contribution in [3.8, 4) is 6.07 Å². The summed E-state index contributed by atoms with van der Waals surface area (Å²) in [4.78, 5) is 20.6. The minimum Gasteiger partial charge on any atom is -0.323 e. The van der Waals surface area contributed by atoms with Gasteiger partial charge in [0.25, 0.3) is 5.91 Å². The minimum atomic E-state index is -0.380. The normalized spacial score (nSPS) is 9.92. The number of anilines is 3. The number of amides is 1. The first-order valence-corrected chi connectivity index (χ1v) is 7.69. The van der Waals surface area contributed by atoms with Crippen LogP contribution in [0.3, 0.4) is 0 Å². The van der Waals surface area contributed by atoms with Gasteiger partial charge in [-0.05, 0) is 42.5 Å². The van der Waals surface area contributed by atoms with E-state index in [0.717, 1.165) is 0 Å². The zero-order valence-electron chi connectivity index (χ0n) is 12.9. The van der Waals surface area contributed by atoms with Crippen molar-refractivity contribution in [2.45, 2.75) is 0 Å². The van der Waals surface area contributed by atoms with Gasteiger partial charge < -0.3 is 10.6 Å². The van der Waals surface area contributed by atoms with E-state index in [9.17, 15) is 4.79 Å². The van der Waals surface area contributed by atoms with Gasteiger partial charge in [-0.25, -0.2) is 9.97 Å². The molecule has 7 heteroatoms. The Labute approximate surface area is 149 Å². The van der Waals surface area contributed by atoms with Crippen LogP contribution in [0.15, 0.2) is 60.8 Å². The molecule has 0 radical (unpaired) electrons. The lowest BCUT2D eigenvalue weighted by molar-refractivity contribution is 0.102. The molecule has 3 aromatic rings. The largest absolute Gasteiger partial charge is 0.323 e. The second-order valence-corrected chi connectivity index (χ2v) is 5.42. The molecule has 3 rings (SSSR count). The van der Waals surface area contributed by atoms with E-state index >= 15 is 0 Å². The third-order valence-electron chi connectivity index (χ3n) is 3.28. The van der Waals surface area contributed by atoms with Gasteiger partial charge in [0.05, 0.1) is 22.3 Å². The molecule has 0 spiro atoms. The van der Waals surface area contributed by atoms with Crippen LogP contribution in [-0.4, -0.2) is 15.9 Å². The Balaban J connectivity index is 1.75. The summed E-state index contributed by atoms with van der Waals surface area (Å²) in [5.74, 6) is -0.116. The third kappa shape index (κ3) is 4.10. The van der Waals surface area contributed by atoms with Gasteiger partial charge in [0, 0.05) is 11.9 Å². The monoisotopic (exact) mass is 349 g/mol. The van der Waals surface area contributed by atoms with Gasteiger partial charge in [-0.2, -0.15) is 5.26 Å². The number of benzene rings is 2. The van der Waals surface area contributed by atoms with Crippen molar-refractivity contribution < 1.29 is 4.79 Å². The topological polar surface area (TPSA) is 90.7 Å². The summed E-state index contributed by atoms with van der Waals surface area (Å²) in [6, 6.07) is 17.3. The van der Waals surface area contributed by atoms with Crippen molar-refractivity contribution in [2.75, 3.05) is 10.6 Å². The molecule has 0 unspecified atom stereocenters. The van der Waals surface area contributed by atoms with Gasteiger partial charge in [-0.15, -0.1) is 0 Å². The Morgan fingerprint density at radius 3 is 2.56 bits per heavy atom. The number of halogens is 1. The number of carbonyl (C=O) groups excluding carboxylic acids is 1. The Kier molecular flexibility index (Phi) is 4.88. The van der Waals surface area contributed by atoms with E-state index in [1.165, 1.54) is 12.3 Å². The molecule has 2 aromatic carbocycles. The molecule has 0 aliphatic carbocycles. The summed E-state index contributed by atoms with van der Waals surface area (Å²) < 4.78 is 0. The average Bonchev–Trinajstić information content (AvgIpc) is 2.64. The van der Waals surface area contributed by atoms with E-state index in [-0.39, 0.29) is 17.5 Å². The molecule has 0 atom stereocenters. The van der Waals surface area contributed by atoms with Gasteiger partial charge >= 0.3 is 0 Å². The third-order valence-corrected chi connectivity index (χ3v) is 3.61. The highest BCUT2D eigenvalue weighted by Crippen LogP contribution is 2.23. The first kappa shape index (κ1) is 16.4. The smallest absolute Gasteiger partial charge is 0.274 e. The molecule has 0 aliphatic rings. The van der Waals surface area contributed by atoms with Gasteiger partial charge in [0.2, 0.25) is 5.95 Å². The number of nitrogens with one attached hydrogen (secondary N) is 2. The second kappa shape index (κ2) is 7.43. The fourth-order valence-electron chi connectivity index (χ4n) is 2.05. The fraction of sp³-hybridized carbons (Fsp3) is 0. The van der Waals surface area contributed by atoms with Gasteiger partial charge in [-0.3, -0.25) is 4.79 Å². The molecule has 1 heterocycles. The standard InChI is InChI=1S/C18H12ClN5O/c19-14-3-1-2-4-15(14)23-18-21-10-9-16(24-18)17(25)22-13-7-5-12(11-20)6-8-13/h1-10H,(H,22,25)(H,21,23,24). The number of rotatable bonds is 4. The lowest BCUT2D eigenvalue weighted by Gasteiger charge is -2.08. The number of hydrogen-bond donors (Lipinski definition) is 2. The Bertz CT molecular complexity index is 950. The molecular formula is C18H12ClN5O. The molecule has 0 fully saturated rings. The maximum atomic E-state index is 12.3. The number of nitrogens with zero attached hydrogens (tertiary/aromatic N) is 3. The Morgan fingerprint density at radius 1 is 1.08 bits per heavy atom. The molecule has 2 N–H and O–H groups in total. The number of hydrogen-bond acceptors (Lipinski definition) is 5. The summed E-state index contributed by atoms with van der Waals surface area (Å²) >= 11 is 6.09. The number of para-hydroxylation sites is 1. The molecular weight excluding hydrogens is 338 g/mol. The van der Waals surface area contributed by atoms with E-state index < -0.39 is 0 Å². The number of aromatic nitrogens is 2. The quantitative estimate of drug-likeness (QED) is 0.743. The lowest BCUT2D eigenvalue weighted by atomic mass is 10.2. The molecule has 1 amide bonds. The van der Waals surface area contributed by atoms with Crippen molar-refractivity contribution in [3.63, 3.8) is 0 Å². The van der Waals surface area contributed by atoms with Crippen LogP contribution in [0.25, 0.3) is 0 Å². The van der Waals surface area contributed by atoms with Crippen LogP contribution in [-0.2, 0) is 0 Å². The number of carbonyl (C=O) groups is 1. The van der Waals surface area contributed by atoms with Gasteiger partial charge in [0.1, 0.15) is 5.69 Å². The Morgan fingerprint density at radius 2 is 1.84 bits per heavy atom. The molecule has 0 bridgehead atoms. The summed E-state index contributed by atoms with van der Waals surface area (Å²) in [6.07, 6.45) is 1.49. The first-order valence-electron chi connectivity index (χ1n) is 7.32.